The van der Waals surface area contributed by atoms with E-state index >= 15 is 0 Å². The second-order valence-electron chi connectivity index (χ2n) is 12.1. The van der Waals surface area contributed by atoms with Crippen LogP contribution < -0.4 is 10.2 Å². The molecule has 1 heterocycles. The topological polar surface area (TPSA) is 15.3 Å². The number of benzene rings is 7. The first-order chi connectivity index (χ1) is 22.8. The summed E-state index contributed by atoms with van der Waals surface area (Å²) in [5.41, 5.74) is 14.2. The van der Waals surface area contributed by atoms with Crippen molar-refractivity contribution in [3.8, 4) is 22.3 Å². The summed E-state index contributed by atoms with van der Waals surface area (Å²) in [5, 5.41) is 6.61. The Bertz CT molecular complexity index is 2210. The zero-order valence-corrected chi connectivity index (χ0v) is 26.2. The standard InChI is InChI=1S/C43H32N2S/c1-3-10-32(11-4-1)43-44-42-40(46-43)26-21-31-15-16-35-27-34(20-25-39(35)41(31)42)30-17-22-37(23-18-30)45(36-13-5-2-6-14-36)38-24-19-29-9-7-8-12-33(29)28-38/h1-14,17-28,43-44H,15-16H2. The van der Waals surface area contributed by atoms with Crippen molar-refractivity contribution in [3.63, 3.8) is 0 Å². The summed E-state index contributed by atoms with van der Waals surface area (Å²) in [7, 11) is 0. The van der Waals surface area contributed by atoms with Crippen LogP contribution in [0.25, 0.3) is 33.0 Å². The maximum Gasteiger partial charge on any atom is 0.103 e. The summed E-state index contributed by atoms with van der Waals surface area (Å²) in [6.45, 7) is 0. The van der Waals surface area contributed by atoms with E-state index in [2.05, 4.69) is 168 Å². The molecule has 0 saturated heterocycles. The smallest absolute Gasteiger partial charge is 0.103 e. The molecule has 7 aromatic carbocycles. The van der Waals surface area contributed by atoms with E-state index < -0.39 is 0 Å². The maximum atomic E-state index is 3.88. The highest BCUT2D eigenvalue weighted by Gasteiger charge is 2.29. The van der Waals surface area contributed by atoms with Crippen molar-refractivity contribution in [2.75, 3.05) is 10.2 Å². The summed E-state index contributed by atoms with van der Waals surface area (Å²) < 4.78 is 0. The van der Waals surface area contributed by atoms with Gasteiger partial charge >= 0.3 is 0 Å². The van der Waals surface area contributed by atoms with E-state index in [1.807, 2.05) is 11.8 Å². The third-order valence-corrected chi connectivity index (χ3v) is 10.6. The fraction of sp³-hybridized carbons (Fsp3) is 0.0698. The molecule has 1 N–H and O–H groups in total. The lowest BCUT2D eigenvalue weighted by molar-refractivity contribution is 0.939. The van der Waals surface area contributed by atoms with E-state index in [0.717, 1.165) is 29.9 Å². The number of aryl methyl sites for hydroxylation is 2. The molecule has 0 radical (unpaired) electrons. The van der Waals surface area contributed by atoms with Gasteiger partial charge in [0.05, 0.1) is 5.69 Å². The molecule has 0 fully saturated rings. The van der Waals surface area contributed by atoms with Crippen molar-refractivity contribution in [1.82, 2.24) is 0 Å². The lowest BCUT2D eigenvalue weighted by Gasteiger charge is -2.26. The molecule has 0 spiro atoms. The van der Waals surface area contributed by atoms with E-state index in [1.54, 1.807) is 0 Å². The molecule has 2 aliphatic rings. The minimum absolute atomic E-state index is 0.246. The first kappa shape index (κ1) is 27.1. The van der Waals surface area contributed by atoms with Gasteiger partial charge in [-0.1, -0.05) is 127 Å². The third-order valence-electron chi connectivity index (χ3n) is 9.38. The van der Waals surface area contributed by atoms with E-state index in [9.17, 15) is 0 Å². The van der Waals surface area contributed by atoms with Crippen molar-refractivity contribution in [3.05, 3.63) is 174 Å². The number of hydrogen-bond acceptors (Lipinski definition) is 3. The van der Waals surface area contributed by atoms with Gasteiger partial charge in [-0.05, 0) is 99.5 Å². The summed E-state index contributed by atoms with van der Waals surface area (Å²) >= 11 is 1.92. The molecule has 0 amide bonds. The Labute approximate surface area is 274 Å². The van der Waals surface area contributed by atoms with E-state index in [0.29, 0.717) is 0 Å². The number of nitrogens with one attached hydrogen (secondary N) is 1. The van der Waals surface area contributed by atoms with Crippen LogP contribution in [0.3, 0.4) is 0 Å². The van der Waals surface area contributed by atoms with Gasteiger partial charge in [-0.25, -0.2) is 0 Å². The van der Waals surface area contributed by atoms with Crippen LogP contribution in [0.1, 0.15) is 22.1 Å². The predicted octanol–water partition coefficient (Wildman–Crippen LogP) is 12.0. The molecule has 46 heavy (non-hydrogen) atoms. The van der Waals surface area contributed by atoms with Crippen molar-refractivity contribution in [1.29, 1.82) is 0 Å². The number of thioether (sulfide) groups is 1. The minimum Gasteiger partial charge on any atom is -0.368 e. The second-order valence-corrected chi connectivity index (χ2v) is 13.3. The van der Waals surface area contributed by atoms with Gasteiger partial charge in [-0.15, -0.1) is 0 Å². The highest BCUT2D eigenvalue weighted by molar-refractivity contribution is 8.00. The van der Waals surface area contributed by atoms with Gasteiger partial charge in [0.25, 0.3) is 0 Å². The Morgan fingerprint density at radius 3 is 2.02 bits per heavy atom. The van der Waals surface area contributed by atoms with Crippen LogP contribution in [-0.2, 0) is 12.8 Å². The number of hydrogen-bond donors (Lipinski definition) is 1. The van der Waals surface area contributed by atoms with Crippen LogP contribution in [0.2, 0.25) is 0 Å². The number of anilines is 4. The molecule has 0 saturated carbocycles. The molecule has 2 nitrogen and oxygen atoms in total. The molecular weight excluding hydrogens is 577 g/mol. The predicted molar refractivity (Wildman–Crippen MR) is 196 cm³/mol. The van der Waals surface area contributed by atoms with Crippen molar-refractivity contribution < 1.29 is 0 Å². The Balaban J connectivity index is 1.05. The molecule has 3 heteroatoms. The van der Waals surface area contributed by atoms with E-state index in [-0.39, 0.29) is 5.37 Å². The maximum absolute atomic E-state index is 3.88. The molecule has 0 aromatic heterocycles. The second kappa shape index (κ2) is 11.3. The molecular formula is C43H32N2S. The Morgan fingerprint density at radius 1 is 0.522 bits per heavy atom. The van der Waals surface area contributed by atoms with Crippen LogP contribution in [0.15, 0.2) is 163 Å². The molecule has 0 bridgehead atoms. The van der Waals surface area contributed by atoms with Crippen molar-refractivity contribution >= 4 is 45.3 Å². The average Bonchev–Trinajstić information content (AvgIpc) is 3.57. The summed E-state index contributed by atoms with van der Waals surface area (Å²) in [6, 6.07) is 57.5. The first-order valence-corrected chi connectivity index (χ1v) is 16.9. The van der Waals surface area contributed by atoms with E-state index in [4.69, 9.17) is 0 Å². The van der Waals surface area contributed by atoms with Gasteiger partial charge in [-0.2, -0.15) is 0 Å². The zero-order valence-electron chi connectivity index (χ0n) is 25.4. The van der Waals surface area contributed by atoms with Gasteiger partial charge in [0, 0.05) is 27.5 Å². The monoisotopic (exact) mass is 608 g/mol. The fourth-order valence-electron chi connectivity index (χ4n) is 7.09. The molecule has 9 rings (SSSR count). The molecule has 1 atom stereocenters. The molecule has 7 aromatic rings. The summed E-state index contributed by atoms with van der Waals surface area (Å²) in [6.07, 6.45) is 2.13. The van der Waals surface area contributed by atoms with Gasteiger partial charge < -0.3 is 10.2 Å². The normalized spacial score (nSPS) is 14.7. The van der Waals surface area contributed by atoms with Crippen LogP contribution in [0, 0.1) is 0 Å². The summed E-state index contributed by atoms with van der Waals surface area (Å²) in [4.78, 5) is 3.68. The molecule has 1 aliphatic heterocycles. The molecule has 1 unspecified atom stereocenters. The molecule has 220 valence electrons. The van der Waals surface area contributed by atoms with Crippen molar-refractivity contribution in [2.45, 2.75) is 23.1 Å². The highest BCUT2D eigenvalue weighted by Crippen LogP contribution is 2.53. The molecule has 1 aliphatic carbocycles. The van der Waals surface area contributed by atoms with Crippen molar-refractivity contribution in [2.24, 2.45) is 0 Å². The van der Waals surface area contributed by atoms with E-state index in [1.165, 1.54) is 60.3 Å². The average molecular weight is 609 g/mol. The highest BCUT2D eigenvalue weighted by atomic mass is 32.2. The van der Waals surface area contributed by atoms with Crippen LogP contribution in [0.5, 0.6) is 0 Å². The lowest BCUT2D eigenvalue weighted by atomic mass is 9.83. The first-order valence-electron chi connectivity index (χ1n) is 16.0. The Kier molecular flexibility index (Phi) is 6.64. The minimum atomic E-state index is 0.246. The van der Waals surface area contributed by atoms with Gasteiger partial charge in [0.2, 0.25) is 0 Å². The Morgan fingerprint density at radius 2 is 1.20 bits per heavy atom. The number of rotatable bonds is 5. The quantitative estimate of drug-likeness (QED) is 0.209. The summed E-state index contributed by atoms with van der Waals surface area (Å²) in [5.74, 6) is 0. The number of nitrogens with zero attached hydrogens (tertiary/aromatic N) is 1. The van der Waals surface area contributed by atoms with Crippen LogP contribution in [-0.4, -0.2) is 0 Å². The van der Waals surface area contributed by atoms with Crippen LogP contribution >= 0.6 is 11.8 Å². The number of para-hydroxylation sites is 1. The lowest BCUT2D eigenvalue weighted by Crippen LogP contribution is -2.09. The van der Waals surface area contributed by atoms with Gasteiger partial charge in [0.1, 0.15) is 5.37 Å². The fourth-order valence-corrected chi connectivity index (χ4v) is 8.24. The number of fused-ring (bicyclic) bond motifs is 6. The Hall–Kier alpha value is -5.25. The third kappa shape index (κ3) is 4.76. The van der Waals surface area contributed by atoms with Crippen LogP contribution in [0.4, 0.5) is 22.7 Å². The van der Waals surface area contributed by atoms with Gasteiger partial charge in [-0.3, -0.25) is 0 Å². The van der Waals surface area contributed by atoms with Gasteiger partial charge in [0.15, 0.2) is 0 Å². The zero-order chi connectivity index (χ0) is 30.5. The largest absolute Gasteiger partial charge is 0.368 e. The SMILES string of the molecule is c1ccc(C2Nc3c(ccc4c3-c3ccc(-c5ccc(N(c6ccccc6)c6ccc7ccccc7c6)cc5)cc3CC4)S2)cc1.